The van der Waals surface area contributed by atoms with Crippen molar-refractivity contribution < 1.29 is 4.42 Å². The van der Waals surface area contributed by atoms with Crippen LogP contribution in [0, 0.1) is 0 Å². The number of benzene rings is 1. The first-order valence-corrected chi connectivity index (χ1v) is 7.25. The third-order valence-electron chi connectivity index (χ3n) is 3.41. The summed E-state index contributed by atoms with van der Waals surface area (Å²) in [6.45, 7) is 2.52. The second kappa shape index (κ2) is 5.81. The van der Waals surface area contributed by atoms with E-state index in [2.05, 4.69) is 15.4 Å². The highest BCUT2D eigenvalue weighted by atomic mass is 35.5. The van der Waals surface area contributed by atoms with Crippen LogP contribution in [0.25, 0.3) is 11.1 Å². The molecule has 2 heterocycles. The fourth-order valence-electron chi connectivity index (χ4n) is 2.09. The molecule has 0 radical (unpaired) electrons. The van der Waals surface area contributed by atoms with E-state index in [9.17, 15) is 4.79 Å². The van der Waals surface area contributed by atoms with E-state index in [1.54, 1.807) is 7.05 Å². The predicted molar refractivity (Wildman–Crippen MR) is 85.4 cm³/mol. The van der Waals surface area contributed by atoms with Gasteiger partial charge in [0.2, 0.25) is 0 Å². The smallest absolute Gasteiger partial charge is 0.287 e. The Bertz CT molecular complexity index is 838. The van der Waals surface area contributed by atoms with Crippen LogP contribution in [-0.4, -0.2) is 21.3 Å². The van der Waals surface area contributed by atoms with Gasteiger partial charge in [-0.2, -0.15) is 5.10 Å². The maximum atomic E-state index is 11.7. The minimum atomic E-state index is -0.332. The van der Waals surface area contributed by atoms with Gasteiger partial charge in [0.15, 0.2) is 11.5 Å². The lowest BCUT2D eigenvalue weighted by Gasteiger charge is -2.11. The third kappa shape index (κ3) is 2.69. The van der Waals surface area contributed by atoms with Gasteiger partial charge in [-0.3, -0.25) is 4.79 Å². The zero-order valence-corrected chi connectivity index (χ0v) is 13.0. The van der Waals surface area contributed by atoms with E-state index in [1.165, 1.54) is 10.9 Å². The Kier molecular flexibility index (Phi) is 3.85. The molecule has 0 aliphatic heterocycles. The second-order valence-electron chi connectivity index (χ2n) is 5.10. The molecule has 0 saturated carbocycles. The fraction of sp³-hybridized carbons (Fsp3) is 0.267. The third-order valence-corrected chi connectivity index (χ3v) is 3.77. The van der Waals surface area contributed by atoms with E-state index in [4.69, 9.17) is 16.0 Å². The highest BCUT2D eigenvalue weighted by molar-refractivity contribution is 6.32. The van der Waals surface area contributed by atoms with Gasteiger partial charge in [-0.05, 0) is 12.1 Å². The number of para-hydroxylation sites is 2. The number of anilines is 1. The summed E-state index contributed by atoms with van der Waals surface area (Å²) >= 11 is 6.02. The molecule has 1 unspecified atom stereocenters. The number of halogens is 1. The van der Waals surface area contributed by atoms with E-state index in [0.29, 0.717) is 18.1 Å². The normalized spacial score (nSPS) is 12.5. The molecule has 1 atom stereocenters. The van der Waals surface area contributed by atoms with E-state index in [1.807, 2.05) is 31.2 Å². The van der Waals surface area contributed by atoms with Gasteiger partial charge in [0.05, 0.1) is 17.8 Å². The summed E-state index contributed by atoms with van der Waals surface area (Å²) in [6.07, 6.45) is 1.53. The Hall–Kier alpha value is -2.34. The standard InChI is InChI=1S/C15H15ClN4O2/c1-9(14-19-10-5-3-4-6-12(10)22-14)7-17-11-8-18-20(2)15(21)13(11)16/h3-6,8-9,17H,7H2,1-2H3. The van der Waals surface area contributed by atoms with Crippen LogP contribution in [-0.2, 0) is 7.05 Å². The average molecular weight is 319 g/mol. The van der Waals surface area contributed by atoms with Gasteiger partial charge in [0, 0.05) is 13.6 Å². The summed E-state index contributed by atoms with van der Waals surface area (Å²) in [4.78, 5) is 16.2. The SMILES string of the molecule is CC(CNc1cnn(C)c(=O)c1Cl)c1nc2ccccc2o1. The molecular formula is C15H15ClN4O2. The molecule has 7 heteroatoms. The maximum Gasteiger partial charge on any atom is 0.287 e. The molecule has 0 aliphatic rings. The molecule has 0 aliphatic carbocycles. The van der Waals surface area contributed by atoms with Crippen LogP contribution >= 0.6 is 11.6 Å². The summed E-state index contributed by atoms with van der Waals surface area (Å²) in [6, 6.07) is 7.62. The van der Waals surface area contributed by atoms with Crippen molar-refractivity contribution in [2.75, 3.05) is 11.9 Å². The van der Waals surface area contributed by atoms with Crippen molar-refractivity contribution in [1.82, 2.24) is 14.8 Å². The van der Waals surface area contributed by atoms with Gasteiger partial charge in [0.25, 0.3) is 5.56 Å². The molecule has 0 bridgehead atoms. The fourth-order valence-corrected chi connectivity index (χ4v) is 2.32. The maximum absolute atomic E-state index is 11.7. The summed E-state index contributed by atoms with van der Waals surface area (Å²) in [7, 11) is 1.55. The molecule has 0 saturated heterocycles. The van der Waals surface area contributed by atoms with Crippen LogP contribution in [0.15, 0.2) is 39.7 Å². The van der Waals surface area contributed by atoms with Crippen LogP contribution in [0.4, 0.5) is 5.69 Å². The van der Waals surface area contributed by atoms with Gasteiger partial charge in [-0.25, -0.2) is 9.67 Å². The van der Waals surface area contributed by atoms with Gasteiger partial charge in [0.1, 0.15) is 10.5 Å². The van der Waals surface area contributed by atoms with Crippen LogP contribution < -0.4 is 10.9 Å². The highest BCUT2D eigenvalue weighted by Gasteiger charge is 2.14. The Morgan fingerprint density at radius 1 is 1.41 bits per heavy atom. The molecule has 1 aromatic carbocycles. The van der Waals surface area contributed by atoms with E-state index >= 15 is 0 Å². The summed E-state index contributed by atoms with van der Waals surface area (Å²) < 4.78 is 6.92. The number of hydrogen-bond acceptors (Lipinski definition) is 5. The second-order valence-corrected chi connectivity index (χ2v) is 5.48. The number of nitrogens with one attached hydrogen (secondary N) is 1. The lowest BCUT2D eigenvalue weighted by Crippen LogP contribution is -2.22. The van der Waals surface area contributed by atoms with Crippen molar-refractivity contribution in [3.63, 3.8) is 0 Å². The highest BCUT2D eigenvalue weighted by Crippen LogP contribution is 2.22. The quantitative estimate of drug-likeness (QED) is 0.800. The van der Waals surface area contributed by atoms with Crippen molar-refractivity contribution in [2.45, 2.75) is 12.8 Å². The van der Waals surface area contributed by atoms with Crippen molar-refractivity contribution in [1.29, 1.82) is 0 Å². The average Bonchev–Trinajstić information content (AvgIpc) is 2.96. The molecular weight excluding hydrogens is 304 g/mol. The van der Waals surface area contributed by atoms with E-state index in [0.717, 1.165) is 11.1 Å². The molecule has 22 heavy (non-hydrogen) atoms. The number of nitrogens with zero attached hydrogens (tertiary/aromatic N) is 3. The van der Waals surface area contributed by atoms with Crippen LogP contribution in [0.2, 0.25) is 5.02 Å². The van der Waals surface area contributed by atoms with Crippen molar-refractivity contribution >= 4 is 28.4 Å². The minimum Gasteiger partial charge on any atom is -0.440 e. The lowest BCUT2D eigenvalue weighted by atomic mass is 10.2. The molecule has 114 valence electrons. The van der Waals surface area contributed by atoms with E-state index < -0.39 is 0 Å². The van der Waals surface area contributed by atoms with Crippen molar-refractivity contribution in [3.8, 4) is 0 Å². The molecule has 3 rings (SSSR count). The number of aromatic nitrogens is 3. The van der Waals surface area contributed by atoms with Gasteiger partial charge in [-0.1, -0.05) is 30.7 Å². The first-order chi connectivity index (χ1) is 10.6. The molecule has 2 aromatic heterocycles. The van der Waals surface area contributed by atoms with Crippen molar-refractivity contribution in [2.24, 2.45) is 7.05 Å². The van der Waals surface area contributed by atoms with Gasteiger partial charge < -0.3 is 9.73 Å². The summed E-state index contributed by atoms with van der Waals surface area (Å²) in [5.41, 5.74) is 1.77. The molecule has 0 spiro atoms. The summed E-state index contributed by atoms with van der Waals surface area (Å²) in [5, 5.41) is 7.19. The number of rotatable bonds is 4. The zero-order valence-electron chi connectivity index (χ0n) is 12.2. The Morgan fingerprint density at radius 3 is 2.95 bits per heavy atom. The predicted octanol–water partition coefficient (Wildman–Crippen LogP) is 2.79. The van der Waals surface area contributed by atoms with Crippen LogP contribution in [0.3, 0.4) is 0 Å². The first-order valence-electron chi connectivity index (χ1n) is 6.87. The zero-order chi connectivity index (χ0) is 15.7. The van der Waals surface area contributed by atoms with Crippen LogP contribution in [0.1, 0.15) is 18.7 Å². The number of fused-ring (bicyclic) bond motifs is 1. The monoisotopic (exact) mass is 318 g/mol. The molecule has 0 fully saturated rings. The number of oxazole rings is 1. The molecule has 3 aromatic rings. The molecule has 6 nitrogen and oxygen atoms in total. The topological polar surface area (TPSA) is 73.0 Å². The van der Waals surface area contributed by atoms with Crippen LogP contribution in [0.5, 0.6) is 0 Å². The minimum absolute atomic E-state index is 0.0209. The van der Waals surface area contributed by atoms with Gasteiger partial charge >= 0.3 is 0 Å². The lowest BCUT2D eigenvalue weighted by molar-refractivity contribution is 0.494. The molecule has 1 N–H and O–H groups in total. The first kappa shape index (κ1) is 14.6. The van der Waals surface area contributed by atoms with E-state index in [-0.39, 0.29) is 16.5 Å². The number of hydrogen-bond donors (Lipinski definition) is 1. The Balaban J connectivity index is 1.76. The van der Waals surface area contributed by atoms with Gasteiger partial charge in [-0.15, -0.1) is 0 Å². The van der Waals surface area contributed by atoms with Crippen molar-refractivity contribution in [3.05, 3.63) is 51.7 Å². The number of aryl methyl sites for hydroxylation is 1. The Morgan fingerprint density at radius 2 is 2.18 bits per heavy atom. The molecule has 0 amide bonds. The summed E-state index contributed by atoms with van der Waals surface area (Å²) in [5.74, 6) is 0.661. The largest absolute Gasteiger partial charge is 0.440 e. The Labute approximate surface area is 131 Å².